The first-order valence-corrected chi connectivity index (χ1v) is 4.75. The lowest BCUT2D eigenvalue weighted by Gasteiger charge is -2.03. The van der Waals surface area contributed by atoms with E-state index < -0.39 is 0 Å². The van der Waals surface area contributed by atoms with E-state index >= 15 is 0 Å². The third-order valence-electron chi connectivity index (χ3n) is 3.01. The van der Waals surface area contributed by atoms with E-state index in [-0.39, 0.29) is 5.41 Å². The van der Waals surface area contributed by atoms with Gasteiger partial charge in [-0.25, -0.2) is 0 Å². The zero-order chi connectivity index (χ0) is 10.2. The summed E-state index contributed by atoms with van der Waals surface area (Å²) >= 11 is 0. The molecule has 1 aromatic rings. The Balaban J connectivity index is 2.17. The highest BCUT2D eigenvalue weighted by Gasteiger charge is 2.51. The van der Waals surface area contributed by atoms with Crippen LogP contribution < -0.4 is 4.74 Å². The minimum atomic E-state index is -0.130. The summed E-state index contributed by atoms with van der Waals surface area (Å²) in [6.45, 7) is 2.02. The number of hydrogen-bond donors (Lipinski definition) is 0. The summed E-state index contributed by atoms with van der Waals surface area (Å²) in [6, 6.07) is 10.4. The molecule has 14 heavy (non-hydrogen) atoms. The molecule has 0 saturated heterocycles. The number of hydrogen-bond acceptors (Lipinski definition) is 2. The van der Waals surface area contributed by atoms with Crippen LogP contribution in [-0.2, 0) is 0 Å². The lowest BCUT2D eigenvalue weighted by molar-refractivity contribution is 0.414. The van der Waals surface area contributed by atoms with Gasteiger partial charge in [0.2, 0.25) is 0 Å². The van der Waals surface area contributed by atoms with Crippen molar-refractivity contribution in [1.29, 1.82) is 5.26 Å². The van der Waals surface area contributed by atoms with Gasteiger partial charge in [-0.15, -0.1) is 0 Å². The summed E-state index contributed by atoms with van der Waals surface area (Å²) in [5.74, 6) is 1.28. The van der Waals surface area contributed by atoms with Crippen LogP contribution in [0.2, 0.25) is 0 Å². The van der Waals surface area contributed by atoms with Crippen molar-refractivity contribution >= 4 is 0 Å². The van der Waals surface area contributed by atoms with Crippen LogP contribution in [0.1, 0.15) is 24.8 Å². The summed E-state index contributed by atoms with van der Waals surface area (Å²) in [7, 11) is 1.66. The maximum atomic E-state index is 8.92. The van der Waals surface area contributed by atoms with E-state index in [4.69, 9.17) is 10.00 Å². The highest BCUT2D eigenvalue weighted by Crippen LogP contribution is 2.58. The van der Waals surface area contributed by atoms with Crippen LogP contribution in [0.25, 0.3) is 0 Å². The molecule has 1 aliphatic carbocycles. The largest absolute Gasteiger partial charge is 0.497 e. The Labute approximate surface area is 84.1 Å². The van der Waals surface area contributed by atoms with Crippen molar-refractivity contribution in [2.45, 2.75) is 19.3 Å². The molecule has 0 N–H and O–H groups in total. The molecule has 0 amide bonds. The molecule has 0 spiro atoms. The molecule has 2 atom stereocenters. The third-order valence-corrected chi connectivity index (χ3v) is 3.01. The van der Waals surface area contributed by atoms with Gasteiger partial charge in [0.05, 0.1) is 18.6 Å². The second kappa shape index (κ2) is 3.02. The van der Waals surface area contributed by atoms with Crippen LogP contribution in [0.5, 0.6) is 5.75 Å². The van der Waals surface area contributed by atoms with E-state index in [0.717, 1.165) is 12.2 Å². The summed E-state index contributed by atoms with van der Waals surface area (Å²) in [6.07, 6.45) is 0.982. The Kier molecular flexibility index (Phi) is 1.96. The second-order valence-corrected chi connectivity index (χ2v) is 4.06. The van der Waals surface area contributed by atoms with Crippen molar-refractivity contribution in [3.05, 3.63) is 29.8 Å². The van der Waals surface area contributed by atoms with Crippen molar-refractivity contribution in [1.82, 2.24) is 0 Å². The monoisotopic (exact) mass is 187 g/mol. The van der Waals surface area contributed by atoms with Crippen molar-refractivity contribution in [3.63, 3.8) is 0 Å². The Morgan fingerprint density at radius 2 is 2.07 bits per heavy atom. The van der Waals surface area contributed by atoms with Crippen LogP contribution in [0.3, 0.4) is 0 Å². The standard InChI is InChI=1S/C12H13NO/c1-12(8-13)7-11(12)9-3-5-10(14-2)6-4-9/h3-6,11H,7H2,1-2H3. The Hall–Kier alpha value is -1.49. The van der Waals surface area contributed by atoms with Gasteiger partial charge in [-0.3, -0.25) is 0 Å². The minimum absolute atomic E-state index is 0.130. The first-order valence-electron chi connectivity index (χ1n) is 4.75. The van der Waals surface area contributed by atoms with E-state index in [1.54, 1.807) is 7.11 Å². The molecule has 1 saturated carbocycles. The Morgan fingerprint density at radius 1 is 1.43 bits per heavy atom. The molecular weight excluding hydrogens is 174 g/mol. The van der Waals surface area contributed by atoms with Crippen LogP contribution in [0.4, 0.5) is 0 Å². The van der Waals surface area contributed by atoms with Crippen molar-refractivity contribution < 1.29 is 4.74 Å². The van der Waals surface area contributed by atoms with Crippen LogP contribution in [-0.4, -0.2) is 7.11 Å². The van der Waals surface area contributed by atoms with Gasteiger partial charge in [0, 0.05) is 5.92 Å². The summed E-state index contributed by atoms with van der Waals surface area (Å²) < 4.78 is 5.08. The van der Waals surface area contributed by atoms with E-state index in [1.165, 1.54) is 5.56 Å². The number of methoxy groups -OCH3 is 1. The highest BCUT2D eigenvalue weighted by atomic mass is 16.5. The molecule has 1 aromatic carbocycles. The number of benzene rings is 1. The van der Waals surface area contributed by atoms with Gasteiger partial charge in [0.25, 0.3) is 0 Å². The molecule has 2 rings (SSSR count). The molecule has 0 bridgehead atoms. The summed E-state index contributed by atoms with van der Waals surface area (Å²) in [4.78, 5) is 0. The summed E-state index contributed by atoms with van der Waals surface area (Å²) in [5.41, 5.74) is 1.11. The number of ether oxygens (including phenoxy) is 1. The predicted molar refractivity (Wildman–Crippen MR) is 54.1 cm³/mol. The average molecular weight is 187 g/mol. The number of nitriles is 1. The first kappa shape index (κ1) is 9.08. The number of rotatable bonds is 2. The minimum Gasteiger partial charge on any atom is -0.497 e. The van der Waals surface area contributed by atoms with Gasteiger partial charge in [0.1, 0.15) is 5.75 Å². The van der Waals surface area contributed by atoms with Gasteiger partial charge in [0.15, 0.2) is 0 Å². The van der Waals surface area contributed by atoms with Gasteiger partial charge < -0.3 is 4.74 Å². The molecule has 0 aromatic heterocycles. The van der Waals surface area contributed by atoms with Crippen LogP contribution >= 0.6 is 0 Å². The van der Waals surface area contributed by atoms with Crippen molar-refractivity contribution in [2.24, 2.45) is 5.41 Å². The molecule has 2 nitrogen and oxygen atoms in total. The van der Waals surface area contributed by atoms with Gasteiger partial charge in [-0.1, -0.05) is 12.1 Å². The molecule has 2 unspecified atom stereocenters. The fourth-order valence-electron chi connectivity index (χ4n) is 1.81. The zero-order valence-corrected chi connectivity index (χ0v) is 8.45. The molecule has 0 heterocycles. The Bertz CT molecular complexity index is 376. The molecular formula is C12H13NO. The Morgan fingerprint density at radius 3 is 2.50 bits per heavy atom. The fraction of sp³-hybridized carbons (Fsp3) is 0.417. The molecule has 2 heteroatoms. The molecule has 72 valence electrons. The highest BCUT2D eigenvalue weighted by molar-refractivity contribution is 5.37. The van der Waals surface area contributed by atoms with Gasteiger partial charge >= 0.3 is 0 Å². The summed E-state index contributed by atoms with van der Waals surface area (Å²) in [5, 5.41) is 8.92. The SMILES string of the molecule is COc1ccc(C2CC2(C)C#N)cc1. The lowest BCUT2D eigenvalue weighted by atomic mass is 10.0. The topological polar surface area (TPSA) is 33.0 Å². The van der Waals surface area contributed by atoms with Gasteiger partial charge in [-0.2, -0.15) is 5.26 Å². The molecule has 0 radical (unpaired) electrons. The third kappa shape index (κ3) is 1.35. The average Bonchev–Trinajstić information content (AvgIpc) is 2.92. The van der Waals surface area contributed by atoms with E-state index in [0.29, 0.717) is 5.92 Å². The van der Waals surface area contributed by atoms with E-state index in [1.807, 2.05) is 31.2 Å². The molecule has 1 fully saturated rings. The molecule has 1 aliphatic rings. The first-order chi connectivity index (χ1) is 6.69. The van der Waals surface area contributed by atoms with E-state index in [2.05, 4.69) is 6.07 Å². The lowest BCUT2D eigenvalue weighted by Crippen LogP contribution is -1.92. The second-order valence-electron chi connectivity index (χ2n) is 4.06. The van der Waals surface area contributed by atoms with Crippen LogP contribution in [0.15, 0.2) is 24.3 Å². The normalized spacial score (nSPS) is 29.4. The molecule has 0 aliphatic heterocycles. The van der Waals surface area contributed by atoms with Crippen molar-refractivity contribution in [2.75, 3.05) is 7.11 Å². The van der Waals surface area contributed by atoms with Crippen molar-refractivity contribution in [3.8, 4) is 11.8 Å². The maximum absolute atomic E-state index is 8.92. The zero-order valence-electron chi connectivity index (χ0n) is 8.45. The fourth-order valence-corrected chi connectivity index (χ4v) is 1.81. The smallest absolute Gasteiger partial charge is 0.118 e. The predicted octanol–water partition coefficient (Wildman–Crippen LogP) is 2.71. The number of nitrogens with zero attached hydrogens (tertiary/aromatic N) is 1. The van der Waals surface area contributed by atoms with Gasteiger partial charge in [-0.05, 0) is 31.0 Å². The van der Waals surface area contributed by atoms with E-state index in [9.17, 15) is 0 Å². The quantitative estimate of drug-likeness (QED) is 0.713. The maximum Gasteiger partial charge on any atom is 0.118 e. The van der Waals surface area contributed by atoms with Crippen LogP contribution in [0, 0.1) is 16.7 Å².